The number of nitrogens with two attached hydrogens (primary N) is 2. The molecule has 0 aliphatic rings. The zero-order valence-electron chi connectivity index (χ0n) is 20.2. The average Bonchev–Trinajstić information content (AvgIpc) is 2.85. The molecule has 0 aliphatic carbocycles. The van der Waals surface area contributed by atoms with Gasteiger partial charge in [-0.05, 0) is 19.4 Å². The van der Waals surface area contributed by atoms with Crippen LogP contribution in [0.5, 0.6) is 0 Å². The Kier molecular flexibility index (Phi) is 32.0. The number of hydrogen-bond donors (Lipinski definition) is 13. The number of aliphatic hydroxyl groups is 10. The van der Waals surface area contributed by atoms with Crippen LogP contribution in [0, 0.1) is 0 Å². The average molecular weight is 638 g/mol. The number of carboxylic acids is 3. The molecule has 9 atom stereocenters. The van der Waals surface area contributed by atoms with Gasteiger partial charge in [0.05, 0.1) is 25.2 Å². The molecule has 18 nitrogen and oxygen atoms in total. The zero-order chi connectivity index (χ0) is 29.2. The Labute approximate surface area is 235 Å². The van der Waals surface area contributed by atoms with Crippen molar-refractivity contribution in [1.29, 1.82) is 0 Å². The van der Waals surface area contributed by atoms with E-state index in [4.69, 9.17) is 67.6 Å². The fourth-order valence-corrected chi connectivity index (χ4v) is 1.96. The van der Waals surface area contributed by atoms with Gasteiger partial charge in [-0.15, -0.1) is 12.4 Å². The third-order valence-corrected chi connectivity index (χ3v) is 4.28. The van der Waals surface area contributed by atoms with Crippen molar-refractivity contribution >= 4 is 30.3 Å². The van der Waals surface area contributed by atoms with Gasteiger partial charge in [-0.25, -0.2) is 0 Å². The van der Waals surface area contributed by atoms with Crippen molar-refractivity contribution in [2.45, 2.75) is 74.1 Å². The summed E-state index contributed by atoms with van der Waals surface area (Å²) in [5.41, 5.74) is 10.4. The Morgan fingerprint density at radius 2 is 1.00 bits per heavy atom. The van der Waals surface area contributed by atoms with Gasteiger partial charge in [-0.2, -0.15) is 0 Å². The first-order valence-electron chi connectivity index (χ1n) is 10.3. The molecular formula is C18H37ClN2O16Zn. The van der Waals surface area contributed by atoms with Crippen LogP contribution in [-0.2, 0) is 33.9 Å². The van der Waals surface area contributed by atoms with E-state index in [1.807, 2.05) is 0 Å². The van der Waals surface area contributed by atoms with Crippen LogP contribution in [0.1, 0.15) is 19.3 Å². The van der Waals surface area contributed by atoms with E-state index in [1.165, 1.54) is 0 Å². The first kappa shape index (κ1) is 46.7. The monoisotopic (exact) mass is 636 g/mol. The molecule has 0 saturated heterocycles. The molecule has 0 bridgehead atoms. The van der Waals surface area contributed by atoms with Gasteiger partial charge in [0.1, 0.15) is 54.9 Å². The van der Waals surface area contributed by atoms with E-state index in [0.717, 1.165) is 12.8 Å². The molecule has 0 heterocycles. The Morgan fingerprint density at radius 1 is 0.684 bits per heavy atom. The van der Waals surface area contributed by atoms with Crippen LogP contribution in [0.4, 0.5) is 0 Å². The first-order valence-corrected chi connectivity index (χ1v) is 10.3. The molecule has 38 heavy (non-hydrogen) atoms. The molecule has 0 aromatic carbocycles. The van der Waals surface area contributed by atoms with Crippen molar-refractivity contribution < 1.29 is 100 Å². The number of carbonyl (C=O) groups is 3. The second kappa shape index (κ2) is 26.1. The predicted molar refractivity (Wildman–Crippen MR) is 118 cm³/mol. The molecule has 224 valence electrons. The van der Waals surface area contributed by atoms with Gasteiger partial charge in [0.25, 0.3) is 0 Å². The SMILES string of the molecule is Cl.NCCCCC(N)C(=O)O.O=C([O-])C(O)C(O)C(O)C(O)CO.O=C([O-])C(O)C(O)C(O)C(O)CO.[Zn+2]. The molecule has 0 amide bonds. The number of carbonyl (C=O) groups excluding carboxylic acids is 2. The molecule has 0 radical (unpaired) electrons. The topological polar surface area (TPSA) is 372 Å². The van der Waals surface area contributed by atoms with Crippen LogP contribution < -0.4 is 21.7 Å². The third kappa shape index (κ3) is 20.8. The second-order valence-corrected chi connectivity index (χ2v) is 7.22. The van der Waals surface area contributed by atoms with Gasteiger partial charge in [0.15, 0.2) is 0 Å². The van der Waals surface area contributed by atoms with Crippen LogP contribution in [0.25, 0.3) is 0 Å². The fourth-order valence-electron chi connectivity index (χ4n) is 1.96. The van der Waals surface area contributed by atoms with Crippen molar-refractivity contribution in [1.82, 2.24) is 0 Å². The molecular weight excluding hydrogens is 601 g/mol. The zero-order valence-corrected chi connectivity index (χ0v) is 24.0. The van der Waals surface area contributed by atoms with Crippen molar-refractivity contribution in [3.63, 3.8) is 0 Å². The number of carboxylic acid groups (broad SMARTS) is 3. The predicted octanol–water partition coefficient (Wildman–Crippen LogP) is -9.71. The Hall–Kier alpha value is -1.16. The quantitative estimate of drug-likeness (QED) is 0.0584. The van der Waals surface area contributed by atoms with Crippen LogP contribution >= 0.6 is 12.4 Å². The van der Waals surface area contributed by atoms with Gasteiger partial charge in [0.2, 0.25) is 0 Å². The maximum atomic E-state index is 10.1. The molecule has 0 rings (SSSR count). The summed E-state index contributed by atoms with van der Waals surface area (Å²) in [7, 11) is 0. The molecule has 20 heteroatoms. The summed E-state index contributed by atoms with van der Waals surface area (Å²) in [5.74, 6) is -4.88. The van der Waals surface area contributed by atoms with Crippen LogP contribution in [0.15, 0.2) is 0 Å². The maximum absolute atomic E-state index is 10.1. The molecule has 15 N–H and O–H groups in total. The van der Waals surface area contributed by atoms with E-state index >= 15 is 0 Å². The van der Waals surface area contributed by atoms with Gasteiger partial charge >= 0.3 is 25.4 Å². The number of hydrogen-bond acceptors (Lipinski definition) is 17. The molecule has 0 saturated carbocycles. The molecule has 0 aromatic rings. The maximum Gasteiger partial charge on any atom is 2.00 e. The number of aliphatic hydroxyl groups excluding tert-OH is 10. The van der Waals surface area contributed by atoms with Crippen LogP contribution in [0.3, 0.4) is 0 Å². The minimum Gasteiger partial charge on any atom is -0.547 e. The van der Waals surface area contributed by atoms with E-state index in [-0.39, 0.29) is 31.9 Å². The normalized spacial score (nSPS) is 17.4. The van der Waals surface area contributed by atoms with Crippen LogP contribution in [-0.4, -0.2) is 149 Å². The minimum atomic E-state index is -2.31. The Balaban J connectivity index is -0.000000141. The minimum absolute atomic E-state index is 0. The van der Waals surface area contributed by atoms with Gasteiger partial charge in [-0.1, -0.05) is 6.42 Å². The summed E-state index contributed by atoms with van der Waals surface area (Å²) >= 11 is 0. The van der Waals surface area contributed by atoms with Gasteiger partial charge in [0, 0.05) is 0 Å². The van der Waals surface area contributed by atoms with Gasteiger partial charge in [-0.3, -0.25) is 4.79 Å². The molecule has 9 unspecified atom stereocenters. The van der Waals surface area contributed by atoms with E-state index < -0.39 is 86.0 Å². The Bertz CT molecular complexity index is 587. The molecule has 0 spiro atoms. The number of aliphatic carboxylic acids is 3. The number of halogens is 1. The summed E-state index contributed by atoms with van der Waals surface area (Å²) in [6.45, 7) is -1.12. The number of unbranched alkanes of at least 4 members (excludes halogenated alkanes) is 1. The molecule has 0 aliphatic heterocycles. The van der Waals surface area contributed by atoms with Crippen molar-refractivity contribution in [3.8, 4) is 0 Å². The molecule has 0 aromatic heterocycles. The fraction of sp³-hybridized carbons (Fsp3) is 0.833. The number of rotatable bonds is 15. The largest absolute Gasteiger partial charge is 2.00 e. The van der Waals surface area contributed by atoms with Gasteiger partial charge < -0.3 is 87.4 Å². The van der Waals surface area contributed by atoms with Crippen molar-refractivity contribution in [2.75, 3.05) is 19.8 Å². The first-order chi connectivity index (χ1) is 16.5. The summed E-state index contributed by atoms with van der Waals surface area (Å²) in [6.07, 6.45) is -14.0. The van der Waals surface area contributed by atoms with Crippen molar-refractivity contribution in [2.24, 2.45) is 11.5 Å². The van der Waals surface area contributed by atoms with E-state index in [2.05, 4.69) is 0 Å². The van der Waals surface area contributed by atoms with E-state index in [9.17, 15) is 24.6 Å². The Morgan fingerprint density at radius 3 is 1.21 bits per heavy atom. The smallest absolute Gasteiger partial charge is 0.547 e. The van der Waals surface area contributed by atoms with E-state index in [0.29, 0.717) is 13.0 Å². The van der Waals surface area contributed by atoms with Crippen LogP contribution in [0.2, 0.25) is 0 Å². The molecule has 0 fully saturated rings. The van der Waals surface area contributed by atoms with Crippen molar-refractivity contribution in [3.05, 3.63) is 0 Å². The second-order valence-electron chi connectivity index (χ2n) is 7.22. The third-order valence-electron chi connectivity index (χ3n) is 4.28. The standard InChI is InChI=1S/C6H14N2O2.2C6H12O7.ClH.Zn/c7-4-2-1-3-5(8)6(9)10;2*7-1-2(8)3(9)4(10)5(11)6(12)13;;/h5H,1-4,7-8H2,(H,9,10);2*2-5,7-11H,1H2,(H,12,13);1H;/q;;;;+2/p-2. The summed E-state index contributed by atoms with van der Waals surface area (Å²) in [4.78, 5) is 30.1. The van der Waals surface area contributed by atoms with E-state index in [1.54, 1.807) is 0 Å². The summed E-state index contributed by atoms with van der Waals surface area (Å²) in [6, 6.07) is -0.716. The summed E-state index contributed by atoms with van der Waals surface area (Å²) in [5, 5.41) is 115. The summed E-state index contributed by atoms with van der Waals surface area (Å²) < 4.78 is 0.